The van der Waals surface area contributed by atoms with E-state index in [2.05, 4.69) is 16.0 Å². The summed E-state index contributed by atoms with van der Waals surface area (Å²) in [5.74, 6) is -4.12. The molecule has 37 heavy (non-hydrogen) atoms. The van der Waals surface area contributed by atoms with Crippen LogP contribution in [0.2, 0.25) is 0 Å². The summed E-state index contributed by atoms with van der Waals surface area (Å²) in [5, 5.41) is 26.0. The standard InChI is InChI=1S/C24H37N5O7S/c1-37-12-10-17(22(33)28-18(24(35)36)9-5-6-11-25)27-23(34)19(13-15-7-3-2-4-8-15)29-21(32)16(26)14-20(30)31/h2-4,7-8,16-19H,5-6,9-14,25-26H2,1H3,(H,27,34)(H,28,33)(H,29,32)(H,30,31)(H,35,36). The number of thioether (sulfide) groups is 1. The van der Waals surface area contributed by atoms with Crippen LogP contribution in [0.25, 0.3) is 0 Å². The zero-order chi connectivity index (χ0) is 27.8. The maximum Gasteiger partial charge on any atom is 0.326 e. The van der Waals surface area contributed by atoms with Crippen molar-refractivity contribution in [2.75, 3.05) is 18.6 Å². The van der Waals surface area contributed by atoms with Gasteiger partial charge in [0.2, 0.25) is 17.7 Å². The van der Waals surface area contributed by atoms with Gasteiger partial charge in [0.25, 0.3) is 0 Å². The number of carbonyl (C=O) groups excluding carboxylic acids is 3. The van der Waals surface area contributed by atoms with Crippen LogP contribution in [-0.2, 0) is 30.4 Å². The highest BCUT2D eigenvalue weighted by Gasteiger charge is 2.30. The molecular weight excluding hydrogens is 502 g/mol. The number of carboxylic acid groups (broad SMARTS) is 2. The van der Waals surface area contributed by atoms with Gasteiger partial charge in [0.15, 0.2) is 0 Å². The Morgan fingerprint density at radius 1 is 0.865 bits per heavy atom. The Kier molecular flexibility index (Phi) is 14.9. The molecule has 0 radical (unpaired) electrons. The van der Waals surface area contributed by atoms with E-state index in [9.17, 15) is 29.1 Å². The van der Waals surface area contributed by atoms with Gasteiger partial charge in [0.1, 0.15) is 18.1 Å². The van der Waals surface area contributed by atoms with Crippen LogP contribution in [0, 0.1) is 0 Å². The average molecular weight is 540 g/mol. The zero-order valence-corrected chi connectivity index (χ0v) is 21.7. The maximum absolute atomic E-state index is 13.2. The Hall–Kier alpha value is -3.16. The van der Waals surface area contributed by atoms with E-state index in [1.807, 2.05) is 6.26 Å². The molecule has 0 saturated heterocycles. The smallest absolute Gasteiger partial charge is 0.326 e. The summed E-state index contributed by atoms with van der Waals surface area (Å²) >= 11 is 1.44. The molecule has 0 spiro atoms. The third kappa shape index (κ3) is 12.6. The summed E-state index contributed by atoms with van der Waals surface area (Å²) in [6.07, 6.45) is 2.80. The van der Waals surface area contributed by atoms with Crippen molar-refractivity contribution in [2.24, 2.45) is 11.5 Å². The monoisotopic (exact) mass is 539 g/mol. The van der Waals surface area contributed by atoms with E-state index >= 15 is 0 Å². The van der Waals surface area contributed by atoms with E-state index in [4.69, 9.17) is 16.6 Å². The molecule has 1 aromatic carbocycles. The number of hydrogen-bond donors (Lipinski definition) is 7. The molecule has 0 saturated carbocycles. The first-order chi connectivity index (χ1) is 17.6. The number of aliphatic carboxylic acids is 2. The van der Waals surface area contributed by atoms with Crippen molar-refractivity contribution >= 4 is 41.4 Å². The molecule has 4 atom stereocenters. The Balaban J connectivity index is 3.05. The molecule has 206 valence electrons. The SMILES string of the molecule is CSCCC(NC(=O)C(Cc1ccccc1)NC(=O)C(N)CC(=O)O)C(=O)NC(CCCCN)C(=O)O. The molecular formula is C24H37N5O7S. The highest BCUT2D eigenvalue weighted by Crippen LogP contribution is 2.08. The van der Waals surface area contributed by atoms with E-state index in [-0.39, 0.29) is 19.3 Å². The molecule has 0 aliphatic heterocycles. The lowest BCUT2D eigenvalue weighted by Crippen LogP contribution is -2.57. The molecule has 1 aromatic rings. The Morgan fingerprint density at radius 3 is 2.03 bits per heavy atom. The third-order valence-electron chi connectivity index (χ3n) is 5.45. The summed E-state index contributed by atoms with van der Waals surface area (Å²) in [6.45, 7) is 0.400. The van der Waals surface area contributed by atoms with E-state index in [1.54, 1.807) is 30.3 Å². The van der Waals surface area contributed by atoms with E-state index in [1.165, 1.54) is 11.8 Å². The predicted molar refractivity (Wildman–Crippen MR) is 140 cm³/mol. The molecule has 4 unspecified atom stereocenters. The van der Waals surface area contributed by atoms with Crippen LogP contribution in [0.1, 0.15) is 37.7 Å². The Labute approximate surface area is 220 Å². The molecule has 9 N–H and O–H groups in total. The van der Waals surface area contributed by atoms with Gasteiger partial charge in [0, 0.05) is 6.42 Å². The summed E-state index contributed by atoms with van der Waals surface area (Å²) in [7, 11) is 0. The lowest BCUT2D eigenvalue weighted by molar-refractivity contribution is -0.142. The molecule has 0 aliphatic rings. The van der Waals surface area contributed by atoms with Gasteiger partial charge >= 0.3 is 11.9 Å². The predicted octanol–water partition coefficient (Wildman–Crippen LogP) is -0.548. The summed E-state index contributed by atoms with van der Waals surface area (Å²) < 4.78 is 0. The van der Waals surface area contributed by atoms with Crippen molar-refractivity contribution in [1.82, 2.24) is 16.0 Å². The second-order valence-electron chi connectivity index (χ2n) is 8.48. The van der Waals surface area contributed by atoms with Crippen molar-refractivity contribution in [3.63, 3.8) is 0 Å². The van der Waals surface area contributed by atoms with E-state index in [0.717, 1.165) is 0 Å². The topological polar surface area (TPSA) is 214 Å². The van der Waals surface area contributed by atoms with Crippen LogP contribution < -0.4 is 27.4 Å². The van der Waals surface area contributed by atoms with Crippen molar-refractivity contribution in [2.45, 2.75) is 62.7 Å². The van der Waals surface area contributed by atoms with Gasteiger partial charge in [0.05, 0.1) is 12.5 Å². The Bertz CT molecular complexity index is 903. The number of hydrogen-bond acceptors (Lipinski definition) is 8. The van der Waals surface area contributed by atoms with Crippen LogP contribution in [0.4, 0.5) is 0 Å². The first kappa shape index (κ1) is 31.9. The number of unbranched alkanes of at least 4 members (excludes halogenated alkanes) is 1. The summed E-state index contributed by atoms with van der Waals surface area (Å²) in [5.41, 5.74) is 11.8. The summed E-state index contributed by atoms with van der Waals surface area (Å²) in [4.78, 5) is 61.2. The lowest BCUT2D eigenvalue weighted by atomic mass is 10.0. The number of carbonyl (C=O) groups is 5. The van der Waals surface area contributed by atoms with Crippen LogP contribution >= 0.6 is 11.8 Å². The van der Waals surface area contributed by atoms with Crippen LogP contribution in [0.3, 0.4) is 0 Å². The summed E-state index contributed by atoms with van der Waals surface area (Å²) in [6, 6.07) is 4.08. The number of nitrogens with one attached hydrogen (secondary N) is 3. The van der Waals surface area contributed by atoms with Crippen LogP contribution in [0.5, 0.6) is 0 Å². The minimum Gasteiger partial charge on any atom is -0.481 e. The number of benzene rings is 1. The van der Waals surface area contributed by atoms with Gasteiger partial charge < -0.3 is 37.6 Å². The average Bonchev–Trinajstić information content (AvgIpc) is 2.85. The Morgan fingerprint density at radius 2 is 1.46 bits per heavy atom. The fourth-order valence-electron chi connectivity index (χ4n) is 3.42. The van der Waals surface area contributed by atoms with Crippen LogP contribution in [0.15, 0.2) is 30.3 Å². The highest BCUT2D eigenvalue weighted by atomic mass is 32.2. The minimum absolute atomic E-state index is 0.0614. The van der Waals surface area contributed by atoms with Crippen molar-refractivity contribution in [3.05, 3.63) is 35.9 Å². The van der Waals surface area contributed by atoms with Gasteiger partial charge in [-0.05, 0) is 49.8 Å². The fourth-order valence-corrected chi connectivity index (χ4v) is 3.89. The van der Waals surface area contributed by atoms with Crippen LogP contribution in [-0.4, -0.2) is 82.6 Å². The van der Waals surface area contributed by atoms with E-state index < -0.39 is 60.2 Å². The van der Waals surface area contributed by atoms with Crippen molar-refractivity contribution in [1.29, 1.82) is 0 Å². The molecule has 1 rings (SSSR count). The number of carboxylic acids is 2. The minimum atomic E-state index is -1.37. The van der Waals surface area contributed by atoms with Crippen molar-refractivity contribution < 1.29 is 34.2 Å². The zero-order valence-electron chi connectivity index (χ0n) is 20.9. The quantitative estimate of drug-likeness (QED) is 0.118. The van der Waals surface area contributed by atoms with Gasteiger partial charge in [-0.25, -0.2) is 4.79 Å². The second-order valence-corrected chi connectivity index (χ2v) is 9.47. The molecule has 12 nitrogen and oxygen atoms in total. The molecule has 0 fully saturated rings. The number of nitrogens with two attached hydrogens (primary N) is 2. The van der Waals surface area contributed by atoms with Gasteiger partial charge in [-0.2, -0.15) is 11.8 Å². The van der Waals surface area contributed by atoms with Gasteiger partial charge in [-0.15, -0.1) is 0 Å². The number of rotatable bonds is 18. The molecule has 0 aliphatic carbocycles. The number of amides is 3. The van der Waals surface area contributed by atoms with E-state index in [0.29, 0.717) is 30.7 Å². The van der Waals surface area contributed by atoms with Gasteiger partial charge in [-0.1, -0.05) is 30.3 Å². The molecule has 0 heterocycles. The molecule has 13 heteroatoms. The second kappa shape index (κ2) is 17.3. The van der Waals surface area contributed by atoms with Crippen molar-refractivity contribution in [3.8, 4) is 0 Å². The largest absolute Gasteiger partial charge is 0.481 e. The third-order valence-corrected chi connectivity index (χ3v) is 6.10. The van der Waals surface area contributed by atoms with Gasteiger partial charge in [-0.3, -0.25) is 19.2 Å². The fraction of sp³-hybridized carbons (Fsp3) is 0.542. The maximum atomic E-state index is 13.2. The lowest BCUT2D eigenvalue weighted by Gasteiger charge is -2.25. The normalized spacial score (nSPS) is 14.0. The molecule has 3 amide bonds. The first-order valence-electron chi connectivity index (χ1n) is 11.9. The molecule has 0 bridgehead atoms. The highest BCUT2D eigenvalue weighted by molar-refractivity contribution is 7.98. The first-order valence-corrected chi connectivity index (χ1v) is 13.3. The molecule has 0 aromatic heterocycles.